The molecule has 0 unspecified atom stereocenters. The van der Waals surface area contributed by atoms with Gasteiger partial charge in [0.15, 0.2) is 11.3 Å². The fraction of sp³-hybridized carbons (Fsp3) is 0.222. The number of aromatic hydroxyl groups is 1. The molecule has 5 nitrogen and oxygen atoms in total. The number of rotatable bonds is 4. The molecule has 1 aromatic carbocycles. The van der Waals surface area contributed by atoms with E-state index in [1.807, 2.05) is 18.2 Å². The Bertz CT molecular complexity index is 956. The second-order valence-corrected chi connectivity index (χ2v) is 5.61. The maximum atomic E-state index is 12.4. The van der Waals surface area contributed by atoms with E-state index in [1.165, 1.54) is 26.8 Å². The maximum absolute atomic E-state index is 12.4. The van der Waals surface area contributed by atoms with Crippen molar-refractivity contribution in [2.45, 2.75) is 19.3 Å². The van der Waals surface area contributed by atoms with Crippen LogP contribution in [0.1, 0.15) is 17.7 Å². The van der Waals surface area contributed by atoms with Crippen molar-refractivity contribution in [1.82, 2.24) is 8.97 Å². The van der Waals surface area contributed by atoms with Crippen LogP contribution in [0.3, 0.4) is 0 Å². The molecule has 0 saturated carbocycles. The smallest absolute Gasteiger partial charge is 0.278 e. The monoisotopic (exact) mass is 310 g/mol. The lowest BCUT2D eigenvalue weighted by atomic mass is 10.1. The molecule has 0 bridgehead atoms. The Morgan fingerprint density at radius 1 is 1.04 bits per heavy atom. The van der Waals surface area contributed by atoms with Gasteiger partial charge in [-0.3, -0.25) is 9.59 Å². The molecule has 0 aliphatic rings. The summed E-state index contributed by atoms with van der Waals surface area (Å²) in [5.41, 5.74) is 1.24. The number of nitrogens with zero attached hydrogens (tertiary/aromatic N) is 2. The molecule has 3 rings (SSSR count). The molecule has 0 fully saturated rings. The molecule has 2 heterocycles. The molecule has 1 N–H and O–H groups in total. The first-order valence-electron chi connectivity index (χ1n) is 7.54. The fourth-order valence-electron chi connectivity index (χ4n) is 2.75. The minimum absolute atomic E-state index is 0.0202. The van der Waals surface area contributed by atoms with Crippen LogP contribution in [0.2, 0.25) is 0 Å². The van der Waals surface area contributed by atoms with Gasteiger partial charge in [0.1, 0.15) is 0 Å². The number of fused-ring (bicyclic) bond motifs is 1. The van der Waals surface area contributed by atoms with Crippen molar-refractivity contribution in [3.05, 3.63) is 80.6 Å². The van der Waals surface area contributed by atoms with E-state index < -0.39 is 11.2 Å². The summed E-state index contributed by atoms with van der Waals surface area (Å²) in [6, 6.07) is 11.4. The second-order valence-electron chi connectivity index (χ2n) is 5.61. The van der Waals surface area contributed by atoms with Crippen LogP contribution in [-0.4, -0.2) is 14.1 Å². The van der Waals surface area contributed by atoms with E-state index in [2.05, 4.69) is 12.1 Å². The predicted molar refractivity (Wildman–Crippen MR) is 89.0 cm³/mol. The van der Waals surface area contributed by atoms with Crippen molar-refractivity contribution in [3.8, 4) is 5.75 Å². The van der Waals surface area contributed by atoms with Gasteiger partial charge in [0.25, 0.3) is 5.56 Å². The Morgan fingerprint density at radius 2 is 1.78 bits per heavy atom. The number of aryl methyl sites for hydroxylation is 2. The molecule has 0 atom stereocenters. The molecule has 0 radical (unpaired) electrons. The quantitative estimate of drug-likeness (QED) is 0.800. The molecule has 2 aromatic heterocycles. The minimum atomic E-state index is -0.543. The van der Waals surface area contributed by atoms with Gasteiger partial charge < -0.3 is 14.1 Å². The van der Waals surface area contributed by atoms with Gasteiger partial charge in [-0.1, -0.05) is 30.3 Å². The summed E-state index contributed by atoms with van der Waals surface area (Å²) >= 11 is 0. The lowest BCUT2D eigenvalue weighted by Gasteiger charge is -2.12. The Morgan fingerprint density at radius 3 is 2.52 bits per heavy atom. The van der Waals surface area contributed by atoms with Crippen molar-refractivity contribution in [3.63, 3.8) is 0 Å². The molecule has 3 aromatic rings. The van der Waals surface area contributed by atoms with Crippen molar-refractivity contribution >= 4 is 5.52 Å². The summed E-state index contributed by atoms with van der Waals surface area (Å²) < 4.78 is 3.02. The molecule has 23 heavy (non-hydrogen) atoms. The van der Waals surface area contributed by atoms with Gasteiger partial charge in [0.05, 0.1) is 0 Å². The van der Waals surface area contributed by atoms with E-state index >= 15 is 0 Å². The highest BCUT2D eigenvalue weighted by Crippen LogP contribution is 2.11. The van der Waals surface area contributed by atoms with E-state index in [0.29, 0.717) is 0 Å². The van der Waals surface area contributed by atoms with Crippen molar-refractivity contribution in [2.75, 3.05) is 0 Å². The first-order valence-corrected chi connectivity index (χ1v) is 7.54. The van der Waals surface area contributed by atoms with Gasteiger partial charge in [0.2, 0.25) is 5.43 Å². The maximum Gasteiger partial charge on any atom is 0.278 e. The molecule has 0 amide bonds. The summed E-state index contributed by atoms with van der Waals surface area (Å²) in [7, 11) is 1.66. The van der Waals surface area contributed by atoms with Crippen molar-refractivity contribution in [2.24, 2.45) is 7.05 Å². The third-order valence-electron chi connectivity index (χ3n) is 4.07. The Hall–Kier alpha value is -2.82. The van der Waals surface area contributed by atoms with Crippen LogP contribution in [0, 0.1) is 0 Å². The molecule has 0 spiro atoms. The van der Waals surface area contributed by atoms with Crippen molar-refractivity contribution in [1.29, 1.82) is 0 Å². The normalized spacial score (nSPS) is 11.0. The van der Waals surface area contributed by atoms with Gasteiger partial charge in [0, 0.05) is 31.2 Å². The van der Waals surface area contributed by atoms with Crippen LogP contribution >= 0.6 is 0 Å². The molecular weight excluding hydrogens is 292 g/mol. The van der Waals surface area contributed by atoms with E-state index in [-0.39, 0.29) is 11.1 Å². The summed E-state index contributed by atoms with van der Waals surface area (Å²) in [5.74, 6) is -0.496. The van der Waals surface area contributed by atoms with Crippen LogP contribution in [0.15, 0.2) is 58.4 Å². The van der Waals surface area contributed by atoms with E-state index in [9.17, 15) is 14.7 Å². The first-order chi connectivity index (χ1) is 11.1. The SMILES string of the molecule is Cn1c(CCCc2ccccc2)cn2ccc(=O)c(O)c2c1=O. The second kappa shape index (κ2) is 6.12. The highest BCUT2D eigenvalue weighted by Gasteiger charge is 2.11. The zero-order valence-electron chi connectivity index (χ0n) is 12.9. The molecule has 118 valence electrons. The van der Waals surface area contributed by atoms with Gasteiger partial charge >= 0.3 is 0 Å². The van der Waals surface area contributed by atoms with Crippen molar-refractivity contribution < 1.29 is 5.11 Å². The topological polar surface area (TPSA) is 63.7 Å². The molecule has 5 heteroatoms. The molecule has 0 aliphatic carbocycles. The number of benzene rings is 1. The van der Waals surface area contributed by atoms with Crippen LogP contribution < -0.4 is 11.0 Å². The highest BCUT2D eigenvalue weighted by atomic mass is 16.3. The van der Waals surface area contributed by atoms with Gasteiger partial charge in [-0.05, 0) is 24.8 Å². The van der Waals surface area contributed by atoms with E-state index in [0.717, 1.165) is 25.0 Å². The van der Waals surface area contributed by atoms with Gasteiger partial charge in [-0.2, -0.15) is 0 Å². The summed E-state index contributed by atoms with van der Waals surface area (Å²) in [6.07, 6.45) is 5.89. The molecular formula is C18H18N2O3. The fourth-order valence-corrected chi connectivity index (χ4v) is 2.75. The zero-order chi connectivity index (χ0) is 16.4. The standard InChI is InChI=1S/C18H18N2O3/c1-19-14(9-5-8-13-6-3-2-4-7-13)12-20-11-10-15(21)17(22)16(20)18(19)23/h2-4,6-7,10-12,22H,5,8-9H2,1H3. The average Bonchev–Trinajstić information content (AvgIpc) is 2.56. The Balaban J connectivity index is 1.90. The third kappa shape index (κ3) is 2.90. The predicted octanol–water partition coefficient (Wildman–Crippen LogP) is 1.88. The lowest BCUT2D eigenvalue weighted by Crippen LogP contribution is -2.25. The van der Waals surface area contributed by atoms with E-state index in [1.54, 1.807) is 13.2 Å². The molecule has 0 saturated heterocycles. The van der Waals surface area contributed by atoms with Gasteiger partial charge in [-0.25, -0.2) is 0 Å². The van der Waals surface area contributed by atoms with Crippen LogP contribution in [0.25, 0.3) is 5.52 Å². The van der Waals surface area contributed by atoms with Crippen LogP contribution in [0.5, 0.6) is 5.75 Å². The third-order valence-corrected chi connectivity index (χ3v) is 4.07. The first kappa shape index (κ1) is 15.1. The number of hydrogen-bond donors (Lipinski definition) is 1. The Kier molecular flexibility index (Phi) is 4.02. The summed E-state index contributed by atoms with van der Waals surface area (Å²) in [5, 5.41) is 9.83. The minimum Gasteiger partial charge on any atom is -0.503 e. The largest absolute Gasteiger partial charge is 0.503 e. The van der Waals surface area contributed by atoms with Crippen LogP contribution in [0.4, 0.5) is 0 Å². The summed E-state index contributed by atoms with van der Waals surface area (Å²) in [4.78, 5) is 23.9. The lowest BCUT2D eigenvalue weighted by molar-refractivity contribution is 0.472. The average molecular weight is 310 g/mol. The Labute approximate surface area is 133 Å². The van der Waals surface area contributed by atoms with Gasteiger partial charge in [-0.15, -0.1) is 0 Å². The highest BCUT2D eigenvalue weighted by molar-refractivity contribution is 5.57. The summed E-state index contributed by atoms with van der Waals surface area (Å²) in [6.45, 7) is 0. The van der Waals surface area contributed by atoms with E-state index in [4.69, 9.17) is 0 Å². The van der Waals surface area contributed by atoms with Crippen LogP contribution in [-0.2, 0) is 19.9 Å². The number of pyridine rings is 1. The number of hydrogen-bond acceptors (Lipinski definition) is 3. The molecule has 0 aliphatic heterocycles. The number of aromatic nitrogens is 2. The zero-order valence-corrected chi connectivity index (χ0v) is 12.9.